The highest BCUT2D eigenvalue weighted by Crippen LogP contribution is 2.66. The fraction of sp³-hybridized carbons (Fsp3) is 0.455. The van der Waals surface area contributed by atoms with E-state index in [1.807, 2.05) is 11.3 Å². The molecule has 5 rings (SSSR count). The van der Waals surface area contributed by atoms with Gasteiger partial charge in [-0.25, -0.2) is 0 Å². The van der Waals surface area contributed by atoms with Crippen molar-refractivity contribution in [3.63, 3.8) is 0 Å². The van der Waals surface area contributed by atoms with Crippen LogP contribution in [0.2, 0.25) is 0 Å². The monoisotopic (exact) mass is 350 g/mol. The minimum Gasteiger partial charge on any atom is -0.356 e. The molecular formula is C22H26N2S. The van der Waals surface area contributed by atoms with Gasteiger partial charge < -0.3 is 9.47 Å². The molecule has 1 unspecified atom stereocenters. The van der Waals surface area contributed by atoms with Crippen molar-refractivity contribution in [2.24, 2.45) is 12.5 Å². The first-order valence-electron chi connectivity index (χ1n) is 9.15. The number of aromatic nitrogens is 1. The molecule has 25 heavy (non-hydrogen) atoms. The van der Waals surface area contributed by atoms with Gasteiger partial charge in [-0.2, -0.15) is 0 Å². The first-order chi connectivity index (χ1) is 11.7. The van der Waals surface area contributed by atoms with Crippen LogP contribution in [0.3, 0.4) is 0 Å². The summed E-state index contributed by atoms with van der Waals surface area (Å²) in [6, 6.07) is 11.3. The number of fused-ring (bicyclic) bond motifs is 7. The number of thiophene rings is 1. The van der Waals surface area contributed by atoms with E-state index in [1.54, 1.807) is 4.88 Å². The van der Waals surface area contributed by atoms with Crippen LogP contribution in [0.4, 0.5) is 5.69 Å². The largest absolute Gasteiger partial charge is 0.356 e. The smallest absolute Gasteiger partial charge is 0.0785 e. The molecule has 0 N–H and O–H groups in total. The second-order valence-electron chi connectivity index (χ2n) is 8.97. The number of benzene rings is 1. The Labute approximate surface area is 154 Å². The molecule has 0 fully saturated rings. The van der Waals surface area contributed by atoms with E-state index in [1.165, 1.54) is 27.0 Å². The van der Waals surface area contributed by atoms with Gasteiger partial charge in [0.15, 0.2) is 0 Å². The summed E-state index contributed by atoms with van der Waals surface area (Å²) >= 11 is 2.01. The number of hydrogen-bond donors (Lipinski definition) is 0. The number of rotatable bonds is 0. The summed E-state index contributed by atoms with van der Waals surface area (Å²) < 4.78 is 3.73. The Morgan fingerprint density at radius 2 is 1.72 bits per heavy atom. The SMILES string of the molecule is Cn1ccc2sc3c(c21)CN1c2ccccc2C(C)(C)C(C)(C)C31C. The molecule has 1 aromatic carbocycles. The Kier molecular flexibility index (Phi) is 2.68. The number of anilines is 1. The molecule has 3 aromatic rings. The van der Waals surface area contributed by atoms with Crippen molar-refractivity contribution in [1.82, 2.24) is 4.57 Å². The van der Waals surface area contributed by atoms with Crippen LogP contribution in [-0.2, 0) is 24.5 Å². The maximum Gasteiger partial charge on any atom is 0.0785 e. The summed E-state index contributed by atoms with van der Waals surface area (Å²) in [6.07, 6.45) is 2.20. The first kappa shape index (κ1) is 15.5. The third-order valence-corrected chi connectivity index (χ3v) is 9.15. The number of hydrogen-bond acceptors (Lipinski definition) is 2. The number of para-hydroxylation sites is 1. The van der Waals surface area contributed by atoms with Crippen LogP contribution in [0.5, 0.6) is 0 Å². The van der Waals surface area contributed by atoms with Crippen molar-refractivity contribution in [3.05, 3.63) is 52.5 Å². The maximum absolute atomic E-state index is 2.68. The lowest BCUT2D eigenvalue weighted by Crippen LogP contribution is -2.61. The lowest BCUT2D eigenvalue weighted by Gasteiger charge is -2.61. The predicted molar refractivity (Wildman–Crippen MR) is 108 cm³/mol. The van der Waals surface area contributed by atoms with Crippen LogP contribution in [0, 0.1) is 5.41 Å². The van der Waals surface area contributed by atoms with Gasteiger partial charge in [0.2, 0.25) is 0 Å². The van der Waals surface area contributed by atoms with Crippen LogP contribution in [-0.4, -0.2) is 4.57 Å². The molecule has 4 heterocycles. The first-order valence-corrected chi connectivity index (χ1v) is 9.97. The van der Waals surface area contributed by atoms with Crippen LogP contribution in [0.1, 0.15) is 50.6 Å². The van der Waals surface area contributed by atoms with E-state index >= 15 is 0 Å². The number of aryl methyl sites for hydroxylation is 1. The van der Waals surface area contributed by atoms with E-state index in [4.69, 9.17) is 0 Å². The molecule has 0 aliphatic carbocycles. The molecule has 0 saturated heterocycles. The van der Waals surface area contributed by atoms with E-state index in [2.05, 4.69) is 87.7 Å². The van der Waals surface area contributed by atoms with Crippen molar-refractivity contribution < 1.29 is 0 Å². The maximum atomic E-state index is 2.68. The summed E-state index contributed by atoms with van der Waals surface area (Å²) in [4.78, 5) is 4.25. The Morgan fingerprint density at radius 3 is 2.48 bits per heavy atom. The zero-order valence-electron chi connectivity index (χ0n) is 16.0. The molecule has 2 aromatic heterocycles. The summed E-state index contributed by atoms with van der Waals surface area (Å²) in [5.74, 6) is 0. The Hall–Kier alpha value is -1.74. The average Bonchev–Trinajstić information content (AvgIpc) is 3.19. The number of nitrogens with zero attached hydrogens (tertiary/aromatic N) is 2. The van der Waals surface area contributed by atoms with E-state index in [0.717, 1.165) is 6.54 Å². The molecule has 2 aliphatic heterocycles. The molecule has 3 heteroatoms. The van der Waals surface area contributed by atoms with Crippen molar-refractivity contribution in [2.75, 3.05) is 4.90 Å². The van der Waals surface area contributed by atoms with Crippen molar-refractivity contribution in [2.45, 2.75) is 52.1 Å². The van der Waals surface area contributed by atoms with Gasteiger partial charge in [0.05, 0.1) is 15.8 Å². The van der Waals surface area contributed by atoms with E-state index in [0.29, 0.717) is 0 Å². The molecular weight excluding hydrogens is 324 g/mol. The molecule has 130 valence electrons. The highest BCUT2D eigenvalue weighted by Gasteiger charge is 2.62. The van der Waals surface area contributed by atoms with Crippen LogP contribution >= 0.6 is 11.3 Å². The van der Waals surface area contributed by atoms with Crippen LogP contribution in [0.15, 0.2) is 36.5 Å². The predicted octanol–water partition coefficient (Wildman–Crippen LogP) is 5.79. The highest BCUT2D eigenvalue weighted by molar-refractivity contribution is 7.19. The zero-order valence-corrected chi connectivity index (χ0v) is 16.8. The zero-order chi connectivity index (χ0) is 17.8. The lowest BCUT2D eigenvalue weighted by molar-refractivity contribution is 0.0707. The topological polar surface area (TPSA) is 8.17 Å². The molecule has 0 bridgehead atoms. The van der Waals surface area contributed by atoms with Gasteiger partial charge >= 0.3 is 0 Å². The van der Waals surface area contributed by atoms with Gasteiger partial charge in [-0.3, -0.25) is 0 Å². The van der Waals surface area contributed by atoms with Crippen molar-refractivity contribution >= 4 is 27.2 Å². The highest BCUT2D eigenvalue weighted by atomic mass is 32.1. The molecule has 0 spiro atoms. The van der Waals surface area contributed by atoms with E-state index in [-0.39, 0.29) is 16.4 Å². The molecule has 1 atom stereocenters. The normalized spacial score (nSPS) is 25.8. The average molecular weight is 351 g/mol. The summed E-state index contributed by atoms with van der Waals surface area (Å²) in [5.41, 5.74) is 6.10. The van der Waals surface area contributed by atoms with E-state index in [9.17, 15) is 0 Å². The fourth-order valence-corrected chi connectivity index (χ4v) is 6.90. The molecule has 0 amide bonds. The summed E-state index contributed by atoms with van der Waals surface area (Å²) in [5, 5.41) is 0. The van der Waals surface area contributed by atoms with Gasteiger partial charge in [-0.15, -0.1) is 11.3 Å². The van der Waals surface area contributed by atoms with Crippen molar-refractivity contribution in [1.29, 1.82) is 0 Å². The molecule has 2 aliphatic rings. The van der Waals surface area contributed by atoms with Gasteiger partial charge in [0, 0.05) is 41.3 Å². The standard InChI is InChI=1S/C22H26N2S/c1-20(2)15-9-7-8-10-16(15)24-13-14-18-17(11-12-23(18)6)25-19(14)22(24,5)21(20,3)4/h7-12H,13H2,1-6H3. The third-order valence-electron chi connectivity index (χ3n) is 7.75. The quantitative estimate of drug-likeness (QED) is 0.498. The second-order valence-corrected chi connectivity index (χ2v) is 10.0. The minimum atomic E-state index is 0.0177. The Bertz CT molecular complexity index is 1020. The molecule has 2 nitrogen and oxygen atoms in total. The van der Waals surface area contributed by atoms with E-state index < -0.39 is 0 Å². The fourth-order valence-electron chi connectivity index (χ4n) is 5.34. The van der Waals surface area contributed by atoms with Crippen LogP contribution in [0.25, 0.3) is 10.2 Å². The van der Waals surface area contributed by atoms with Gasteiger partial charge in [0.1, 0.15) is 0 Å². The minimum absolute atomic E-state index is 0.0177. The second kappa shape index (κ2) is 4.32. The Balaban J connectivity index is 1.88. The Morgan fingerprint density at radius 1 is 1.00 bits per heavy atom. The molecule has 0 radical (unpaired) electrons. The van der Waals surface area contributed by atoms with Crippen molar-refractivity contribution in [3.8, 4) is 0 Å². The van der Waals surface area contributed by atoms with Crippen LogP contribution < -0.4 is 4.90 Å². The van der Waals surface area contributed by atoms with Gasteiger partial charge in [0.25, 0.3) is 0 Å². The van der Waals surface area contributed by atoms with Gasteiger partial charge in [-0.1, -0.05) is 45.9 Å². The summed E-state index contributed by atoms with van der Waals surface area (Å²) in [7, 11) is 2.18. The lowest BCUT2D eigenvalue weighted by atomic mass is 9.52. The molecule has 0 saturated carbocycles. The third kappa shape index (κ3) is 1.49. The summed E-state index contributed by atoms with van der Waals surface area (Å²) in [6.45, 7) is 13.3. The van der Waals surface area contributed by atoms with Gasteiger partial charge in [-0.05, 0) is 30.0 Å².